The normalized spacial score (nSPS) is 11.4. The molecule has 0 aliphatic rings. The average Bonchev–Trinajstić information content (AvgIpc) is 2.30. The van der Waals surface area contributed by atoms with Gasteiger partial charge in [0.15, 0.2) is 0 Å². The highest BCUT2D eigenvalue weighted by Crippen LogP contribution is 2.20. The Labute approximate surface area is 102 Å². The van der Waals surface area contributed by atoms with E-state index >= 15 is 0 Å². The van der Waals surface area contributed by atoms with Crippen molar-refractivity contribution in [3.63, 3.8) is 0 Å². The fraction of sp³-hybridized carbons (Fsp3) is 0.273. The monoisotopic (exact) mass is 282 g/mol. The Morgan fingerprint density at radius 3 is 2.88 bits per heavy atom. The van der Waals surface area contributed by atoms with Gasteiger partial charge in [0.25, 0.3) is 0 Å². The first-order chi connectivity index (χ1) is 7.58. The number of rotatable bonds is 3. The third kappa shape index (κ3) is 2.97. The number of ether oxygens (including phenoxy) is 1. The second-order valence-electron chi connectivity index (χ2n) is 3.19. The maximum atomic E-state index is 11.2. The van der Waals surface area contributed by atoms with E-state index in [1.807, 2.05) is 0 Å². The lowest BCUT2D eigenvalue weighted by atomic mass is 10.2. The van der Waals surface area contributed by atoms with Crippen LogP contribution in [0, 0.1) is 11.3 Å². The molecule has 0 bridgehead atoms. The molecule has 1 unspecified atom stereocenters. The van der Waals surface area contributed by atoms with Gasteiger partial charge in [-0.2, -0.15) is 5.26 Å². The lowest BCUT2D eigenvalue weighted by molar-refractivity contribution is -0.141. The smallest absolute Gasteiger partial charge is 0.327 e. The minimum Gasteiger partial charge on any atom is -0.467 e. The van der Waals surface area contributed by atoms with Gasteiger partial charge in [0, 0.05) is 4.47 Å². The molecular weight excluding hydrogens is 272 g/mol. The van der Waals surface area contributed by atoms with Crippen LogP contribution in [0.5, 0.6) is 0 Å². The van der Waals surface area contributed by atoms with Crippen molar-refractivity contribution in [2.75, 3.05) is 12.4 Å². The summed E-state index contributed by atoms with van der Waals surface area (Å²) in [4.78, 5) is 11.2. The van der Waals surface area contributed by atoms with Gasteiger partial charge in [-0.3, -0.25) is 0 Å². The zero-order valence-electron chi connectivity index (χ0n) is 8.95. The number of methoxy groups -OCH3 is 1. The molecule has 1 aromatic rings. The van der Waals surface area contributed by atoms with E-state index in [1.165, 1.54) is 7.11 Å². The van der Waals surface area contributed by atoms with Crippen molar-refractivity contribution in [2.45, 2.75) is 13.0 Å². The largest absolute Gasteiger partial charge is 0.467 e. The third-order valence-corrected chi connectivity index (χ3v) is 2.52. The molecule has 0 heterocycles. The lowest BCUT2D eigenvalue weighted by Gasteiger charge is -2.13. The van der Waals surface area contributed by atoms with Gasteiger partial charge in [0.05, 0.1) is 18.4 Å². The summed E-state index contributed by atoms with van der Waals surface area (Å²) in [5.41, 5.74) is 1.09. The standard InChI is InChI=1S/C11H11BrN2O2/c1-7(11(15)16-2)14-10-4-3-9(12)5-8(10)6-13/h3-5,7,14H,1-2H3. The lowest BCUT2D eigenvalue weighted by Crippen LogP contribution is -2.27. The molecule has 0 amide bonds. The minimum absolute atomic E-state index is 0.369. The van der Waals surface area contributed by atoms with Gasteiger partial charge in [-0.25, -0.2) is 4.79 Å². The van der Waals surface area contributed by atoms with Crippen LogP contribution in [-0.4, -0.2) is 19.1 Å². The van der Waals surface area contributed by atoms with E-state index in [0.717, 1.165) is 4.47 Å². The summed E-state index contributed by atoms with van der Waals surface area (Å²) in [6.07, 6.45) is 0. The second-order valence-corrected chi connectivity index (χ2v) is 4.11. The summed E-state index contributed by atoms with van der Waals surface area (Å²) in [6.45, 7) is 1.68. The Kier molecular flexibility index (Phi) is 4.32. The molecule has 1 atom stereocenters. The van der Waals surface area contributed by atoms with Crippen molar-refractivity contribution in [3.05, 3.63) is 28.2 Å². The number of anilines is 1. The Balaban J connectivity index is 2.90. The van der Waals surface area contributed by atoms with Crippen LogP contribution in [0.1, 0.15) is 12.5 Å². The summed E-state index contributed by atoms with van der Waals surface area (Å²) in [5, 5.41) is 11.8. The molecule has 4 nitrogen and oxygen atoms in total. The quantitative estimate of drug-likeness (QED) is 0.864. The number of carbonyl (C=O) groups excluding carboxylic acids is 1. The van der Waals surface area contributed by atoms with E-state index in [9.17, 15) is 4.79 Å². The van der Waals surface area contributed by atoms with Gasteiger partial charge in [0.1, 0.15) is 12.1 Å². The van der Waals surface area contributed by atoms with E-state index in [1.54, 1.807) is 25.1 Å². The first-order valence-corrected chi connectivity index (χ1v) is 5.41. The molecule has 1 aromatic carbocycles. The van der Waals surface area contributed by atoms with Gasteiger partial charge in [-0.15, -0.1) is 0 Å². The second kappa shape index (κ2) is 5.52. The third-order valence-electron chi connectivity index (χ3n) is 2.03. The zero-order chi connectivity index (χ0) is 12.1. The molecule has 0 saturated carbocycles. The van der Waals surface area contributed by atoms with Crippen LogP contribution in [0.4, 0.5) is 5.69 Å². The first kappa shape index (κ1) is 12.5. The van der Waals surface area contributed by atoms with Gasteiger partial charge in [-0.05, 0) is 25.1 Å². The van der Waals surface area contributed by atoms with Crippen molar-refractivity contribution >= 4 is 27.6 Å². The number of nitrogens with one attached hydrogen (secondary N) is 1. The Morgan fingerprint density at radius 1 is 1.62 bits per heavy atom. The molecule has 1 rings (SSSR count). The number of nitrogens with zero attached hydrogens (tertiary/aromatic N) is 1. The topological polar surface area (TPSA) is 62.1 Å². The van der Waals surface area contributed by atoms with Gasteiger partial charge in [-0.1, -0.05) is 15.9 Å². The highest BCUT2D eigenvalue weighted by molar-refractivity contribution is 9.10. The number of hydrogen-bond donors (Lipinski definition) is 1. The molecule has 1 N–H and O–H groups in total. The summed E-state index contributed by atoms with van der Waals surface area (Å²) < 4.78 is 5.41. The summed E-state index contributed by atoms with van der Waals surface area (Å²) in [7, 11) is 1.33. The van der Waals surface area contributed by atoms with Crippen molar-refractivity contribution < 1.29 is 9.53 Å². The van der Waals surface area contributed by atoms with Gasteiger partial charge < -0.3 is 10.1 Å². The number of nitriles is 1. The van der Waals surface area contributed by atoms with E-state index in [2.05, 4.69) is 32.1 Å². The fourth-order valence-corrected chi connectivity index (χ4v) is 1.56. The van der Waals surface area contributed by atoms with Crippen LogP contribution in [0.25, 0.3) is 0 Å². The number of carbonyl (C=O) groups is 1. The number of esters is 1. The van der Waals surface area contributed by atoms with Crippen LogP contribution < -0.4 is 5.32 Å². The van der Waals surface area contributed by atoms with E-state index in [0.29, 0.717) is 11.3 Å². The Bertz CT molecular complexity index is 440. The van der Waals surface area contributed by atoms with Crippen molar-refractivity contribution in [1.82, 2.24) is 0 Å². The summed E-state index contributed by atoms with van der Waals surface area (Å²) in [6, 6.07) is 6.79. The van der Waals surface area contributed by atoms with Crippen molar-refractivity contribution in [3.8, 4) is 6.07 Å². The fourth-order valence-electron chi connectivity index (χ4n) is 1.20. The SMILES string of the molecule is COC(=O)C(C)Nc1ccc(Br)cc1C#N. The molecule has 0 aliphatic carbocycles. The van der Waals surface area contributed by atoms with Crippen LogP contribution in [0.15, 0.2) is 22.7 Å². The number of benzene rings is 1. The molecule has 0 aromatic heterocycles. The van der Waals surface area contributed by atoms with E-state index in [4.69, 9.17) is 5.26 Å². The maximum absolute atomic E-state index is 11.2. The van der Waals surface area contributed by atoms with Crippen molar-refractivity contribution in [1.29, 1.82) is 5.26 Å². The number of hydrogen-bond acceptors (Lipinski definition) is 4. The molecule has 5 heteroatoms. The number of halogens is 1. The van der Waals surface area contributed by atoms with E-state index in [-0.39, 0.29) is 5.97 Å². The average molecular weight is 283 g/mol. The summed E-state index contributed by atoms with van der Waals surface area (Å²) in [5.74, 6) is -0.369. The molecule has 0 fully saturated rings. The van der Waals surface area contributed by atoms with Gasteiger partial charge >= 0.3 is 5.97 Å². The molecule has 0 spiro atoms. The van der Waals surface area contributed by atoms with Crippen LogP contribution in [0.3, 0.4) is 0 Å². The summed E-state index contributed by atoms with van der Waals surface area (Å²) >= 11 is 3.28. The molecule has 0 aliphatic heterocycles. The Hall–Kier alpha value is -1.54. The predicted octanol–water partition coefficient (Wildman–Crippen LogP) is 2.29. The molecule has 84 valence electrons. The highest BCUT2D eigenvalue weighted by atomic mass is 79.9. The van der Waals surface area contributed by atoms with Crippen molar-refractivity contribution in [2.24, 2.45) is 0 Å². The van der Waals surface area contributed by atoms with Crippen LogP contribution >= 0.6 is 15.9 Å². The maximum Gasteiger partial charge on any atom is 0.327 e. The Morgan fingerprint density at radius 2 is 2.31 bits per heavy atom. The molecule has 0 saturated heterocycles. The minimum atomic E-state index is -0.488. The van der Waals surface area contributed by atoms with E-state index < -0.39 is 6.04 Å². The molecule has 16 heavy (non-hydrogen) atoms. The zero-order valence-corrected chi connectivity index (χ0v) is 10.5. The van der Waals surface area contributed by atoms with Gasteiger partial charge in [0.2, 0.25) is 0 Å². The molecular formula is C11H11BrN2O2. The molecule has 0 radical (unpaired) electrons. The first-order valence-electron chi connectivity index (χ1n) is 4.62. The highest BCUT2D eigenvalue weighted by Gasteiger charge is 2.14. The van der Waals surface area contributed by atoms with Crippen LogP contribution in [-0.2, 0) is 9.53 Å². The van der Waals surface area contributed by atoms with Crippen LogP contribution in [0.2, 0.25) is 0 Å². The predicted molar refractivity (Wildman–Crippen MR) is 64.0 cm³/mol.